The second kappa shape index (κ2) is 6.16. The van der Waals surface area contributed by atoms with Crippen LogP contribution in [0.4, 0.5) is 0 Å². The van der Waals surface area contributed by atoms with Gasteiger partial charge in [-0.3, -0.25) is 4.79 Å². The topological polar surface area (TPSA) is 35.6 Å². The Hall–Kier alpha value is -1.39. The van der Waals surface area contributed by atoms with Crippen molar-refractivity contribution in [2.24, 2.45) is 0 Å². The number of hydrogen-bond acceptors (Lipinski definition) is 3. The lowest BCUT2D eigenvalue weighted by Gasteiger charge is -2.37. The molecule has 21 heavy (non-hydrogen) atoms. The summed E-state index contributed by atoms with van der Waals surface area (Å²) in [6.45, 7) is 2.59. The van der Waals surface area contributed by atoms with Crippen molar-refractivity contribution in [1.29, 1.82) is 0 Å². The first kappa shape index (κ1) is 14.5. The lowest BCUT2D eigenvalue weighted by atomic mass is 9.94. The van der Waals surface area contributed by atoms with Crippen LogP contribution in [0.5, 0.6) is 0 Å². The molecular weight excluding hydrogens is 262 g/mol. The molecule has 0 aromatic heterocycles. The van der Waals surface area contributed by atoms with E-state index in [4.69, 9.17) is 0 Å². The van der Waals surface area contributed by atoms with Crippen molar-refractivity contribution >= 4 is 5.91 Å². The molecule has 1 fully saturated rings. The summed E-state index contributed by atoms with van der Waals surface area (Å²) in [4.78, 5) is 17.0. The Balaban J connectivity index is 1.60. The summed E-state index contributed by atoms with van der Waals surface area (Å²) in [7, 11) is 4.25. The van der Waals surface area contributed by atoms with Crippen LogP contribution in [0.2, 0.25) is 0 Å². The number of nitrogens with zero attached hydrogens (tertiary/aromatic N) is 2. The lowest BCUT2D eigenvalue weighted by Crippen LogP contribution is -2.53. The van der Waals surface area contributed by atoms with Gasteiger partial charge in [-0.25, -0.2) is 0 Å². The predicted molar refractivity (Wildman–Crippen MR) is 84.1 cm³/mol. The van der Waals surface area contributed by atoms with Crippen molar-refractivity contribution in [3.05, 3.63) is 35.4 Å². The van der Waals surface area contributed by atoms with Gasteiger partial charge in [-0.05, 0) is 44.5 Å². The minimum Gasteiger partial charge on any atom is -0.341 e. The van der Waals surface area contributed by atoms with E-state index in [1.807, 2.05) is 4.90 Å². The van der Waals surface area contributed by atoms with E-state index < -0.39 is 0 Å². The largest absolute Gasteiger partial charge is 0.341 e. The smallest absolute Gasteiger partial charge is 0.240 e. The summed E-state index contributed by atoms with van der Waals surface area (Å²) in [5.41, 5.74) is 2.64. The monoisotopic (exact) mass is 287 g/mol. The number of benzene rings is 1. The average molecular weight is 287 g/mol. The van der Waals surface area contributed by atoms with E-state index >= 15 is 0 Å². The van der Waals surface area contributed by atoms with Gasteiger partial charge in [-0.15, -0.1) is 0 Å². The number of likely N-dealkylation sites (tertiary alicyclic amines) is 1. The molecule has 0 radical (unpaired) electrons. The first-order valence-electron chi connectivity index (χ1n) is 7.90. The van der Waals surface area contributed by atoms with Gasteiger partial charge >= 0.3 is 0 Å². The van der Waals surface area contributed by atoms with Gasteiger partial charge in [0.05, 0.1) is 6.04 Å². The molecule has 0 spiro atoms. The molecule has 1 saturated heterocycles. The molecule has 2 aliphatic heterocycles. The van der Waals surface area contributed by atoms with Crippen LogP contribution in [-0.2, 0) is 17.8 Å². The van der Waals surface area contributed by atoms with Gasteiger partial charge in [0.2, 0.25) is 5.91 Å². The first-order valence-corrected chi connectivity index (χ1v) is 7.90. The SMILES string of the molecule is CN(C)C1CCN(C(=O)[C@H]2Cc3ccccc3CN2)CC1. The normalized spacial score (nSPS) is 23.2. The highest BCUT2D eigenvalue weighted by Gasteiger charge is 2.30. The number of carbonyl (C=O) groups excluding carboxylic acids is 1. The highest BCUT2D eigenvalue weighted by atomic mass is 16.2. The standard InChI is InChI=1S/C17H25N3O/c1-19(2)15-7-9-20(10-8-15)17(21)16-11-13-5-3-4-6-14(13)12-18-16/h3-6,15-16,18H,7-12H2,1-2H3/t16-/m1/s1. The van der Waals surface area contributed by atoms with Crippen LogP contribution < -0.4 is 5.32 Å². The summed E-state index contributed by atoms with van der Waals surface area (Å²) in [6.07, 6.45) is 2.99. The van der Waals surface area contributed by atoms with Crippen molar-refractivity contribution in [2.75, 3.05) is 27.2 Å². The Labute approximate surface area is 127 Å². The minimum absolute atomic E-state index is 0.0455. The number of nitrogens with one attached hydrogen (secondary N) is 1. The molecule has 1 aromatic rings. The maximum atomic E-state index is 12.7. The van der Waals surface area contributed by atoms with E-state index in [1.54, 1.807) is 0 Å². The van der Waals surface area contributed by atoms with E-state index in [-0.39, 0.29) is 11.9 Å². The summed E-state index contributed by atoms with van der Waals surface area (Å²) in [6, 6.07) is 8.99. The second-order valence-corrected chi connectivity index (χ2v) is 6.43. The quantitative estimate of drug-likeness (QED) is 0.889. The van der Waals surface area contributed by atoms with Gasteiger partial charge in [0.25, 0.3) is 0 Å². The average Bonchev–Trinajstić information content (AvgIpc) is 2.54. The molecule has 4 heteroatoms. The summed E-state index contributed by atoms with van der Waals surface area (Å²) in [5, 5.41) is 3.40. The molecule has 114 valence electrons. The van der Waals surface area contributed by atoms with Crippen LogP contribution >= 0.6 is 0 Å². The maximum Gasteiger partial charge on any atom is 0.240 e. The number of fused-ring (bicyclic) bond motifs is 1. The Morgan fingerprint density at radius 2 is 1.86 bits per heavy atom. The zero-order chi connectivity index (χ0) is 14.8. The number of amides is 1. The van der Waals surface area contributed by atoms with E-state index in [0.29, 0.717) is 6.04 Å². The van der Waals surface area contributed by atoms with Crippen molar-refractivity contribution in [1.82, 2.24) is 15.1 Å². The van der Waals surface area contributed by atoms with Gasteiger partial charge in [0.1, 0.15) is 0 Å². The van der Waals surface area contributed by atoms with E-state index in [9.17, 15) is 4.79 Å². The molecule has 1 aromatic carbocycles. The second-order valence-electron chi connectivity index (χ2n) is 6.43. The fraction of sp³-hybridized carbons (Fsp3) is 0.588. The van der Waals surface area contributed by atoms with Crippen LogP contribution in [0.15, 0.2) is 24.3 Å². The van der Waals surface area contributed by atoms with Gasteiger partial charge < -0.3 is 15.1 Å². The lowest BCUT2D eigenvalue weighted by molar-refractivity contribution is -0.135. The summed E-state index contributed by atoms with van der Waals surface area (Å²) in [5.74, 6) is 0.279. The van der Waals surface area contributed by atoms with Crippen molar-refractivity contribution in [3.8, 4) is 0 Å². The Morgan fingerprint density at radius 1 is 1.19 bits per heavy atom. The molecule has 1 N–H and O–H groups in total. The Morgan fingerprint density at radius 3 is 2.52 bits per heavy atom. The fourth-order valence-electron chi connectivity index (χ4n) is 3.45. The number of piperidine rings is 1. The molecule has 2 aliphatic rings. The fourth-order valence-corrected chi connectivity index (χ4v) is 3.45. The van der Waals surface area contributed by atoms with Crippen molar-refractivity contribution in [3.63, 3.8) is 0 Å². The van der Waals surface area contributed by atoms with Gasteiger partial charge in [0, 0.05) is 25.7 Å². The third-order valence-corrected chi connectivity index (χ3v) is 4.89. The molecule has 0 unspecified atom stereocenters. The first-order chi connectivity index (χ1) is 10.1. The van der Waals surface area contributed by atoms with Crippen molar-refractivity contribution < 1.29 is 4.79 Å². The van der Waals surface area contributed by atoms with E-state index in [1.165, 1.54) is 11.1 Å². The number of carbonyl (C=O) groups is 1. The minimum atomic E-state index is -0.0455. The molecule has 1 amide bonds. The predicted octanol–water partition coefficient (Wildman–Crippen LogP) is 1.25. The zero-order valence-electron chi connectivity index (χ0n) is 13.0. The third kappa shape index (κ3) is 3.11. The molecule has 0 aliphatic carbocycles. The van der Waals surface area contributed by atoms with Gasteiger partial charge in [-0.1, -0.05) is 24.3 Å². The third-order valence-electron chi connectivity index (χ3n) is 4.89. The highest BCUT2D eigenvalue weighted by Crippen LogP contribution is 2.20. The molecule has 0 bridgehead atoms. The Bertz CT molecular complexity index is 507. The van der Waals surface area contributed by atoms with Crippen molar-refractivity contribution in [2.45, 2.75) is 37.9 Å². The molecule has 2 heterocycles. The van der Waals surface area contributed by atoms with Crippen LogP contribution in [0.3, 0.4) is 0 Å². The van der Waals surface area contributed by atoms with Gasteiger partial charge in [0.15, 0.2) is 0 Å². The zero-order valence-corrected chi connectivity index (χ0v) is 13.0. The summed E-state index contributed by atoms with van der Waals surface area (Å²) >= 11 is 0. The van der Waals surface area contributed by atoms with Crippen LogP contribution in [-0.4, -0.2) is 55.0 Å². The molecular formula is C17H25N3O. The number of hydrogen-bond donors (Lipinski definition) is 1. The molecule has 3 rings (SSSR count). The van der Waals surface area contributed by atoms with E-state index in [2.05, 4.69) is 48.6 Å². The maximum absolute atomic E-state index is 12.7. The van der Waals surface area contributed by atoms with Crippen LogP contribution in [0.25, 0.3) is 0 Å². The summed E-state index contributed by atoms with van der Waals surface area (Å²) < 4.78 is 0. The molecule has 1 atom stereocenters. The number of rotatable bonds is 2. The molecule has 4 nitrogen and oxygen atoms in total. The van der Waals surface area contributed by atoms with Crippen LogP contribution in [0, 0.1) is 0 Å². The van der Waals surface area contributed by atoms with E-state index in [0.717, 1.165) is 38.9 Å². The molecule has 0 saturated carbocycles. The van der Waals surface area contributed by atoms with Crippen LogP contribution in [0.1, 0.15) is 24.0 Å². The Kier molecular flexibility index (Phi) is 4.27. The van der Waals surface area contributed by atoms with Gasteiger partial charge in [-0.2, -0.15) is 0 Å². The highest BCUT2D eigenvalue weighted by molar-refractivity contribution is 5.82.